The van der Waals surface area contributed by atoms with E-state index in [4.69, 9.17) is 4.74 Å². The van der Waals surface area contributed by atoms with E-state index < -0.39 is 12.0 Å². The number of carboxylic acid groups (broad SMARTS) is 1. The van der Waals surface area contributed by atoms with Gasteiger partial charge in [-0.3, -0.25) is 4.79 Å². The molecule has 0 bridgehead atoms. The van der Waals surface area contributed by atoms with Gasteiger partial charge >= 0.3 is 5.97 Å². The number of carbonyl (C=O) groups is 2. The normalized spacial score (nSPS) is 12.8. The number of fused-ring (bicyclic) bond motifs is 2. The number of nitrogens with one attached hydrogen (secondary N) is 1. The Balaban J connectivity index is 1.11. The van der Waals surface area contributed by atoms with Gasteiger partial charge in [-0.15, -0.1) is 0 Å². The molecule has 44 heavy (non-hydrogen) atoms. The van der Waals surface area contributed by atoms with Crippen LogP contribution >= 0.6 is 0 Å². The van der Waals surface area contributed by atoms with Gasteiger partial charge in [-0.25, -0.2) is 4.79 Å². The Bertz CT molecular complexity index is 1700. The first-order chi connectivity index (χ1) is 21.6. The molecule has 2 N–H and O–H groups in total. The number of hydrogen-bond donors (Lipinski definition) is 2. The lowest BCUT2D eigenvalue weighted by Crippen LogP contribution is -2.32. The van der Waals surface area contributed by atoms with Gasteiger partial charge in [0.2, 0.25) is 0 Å². The molecule has 6 rings (SSSR count). The first-order valence-electron chi connectivity index (χ1n) is 14.9. The highest BCUT2D eigenvalue weighted by Crippen LogP contribution is 2.35. The smallest absolute Gasteiger partial charge is 0.326 e. The third-order valence-electron chi connectivity index (χ3n) is 8.01. The number of hydrogen-bond acceptors (Lipinski definition) is 5. The minimum absolute atomic E-state index is 0.161. The van der Waals surface area contributed by atoms with E-state index in [0.29, 0.717) is 30.0 Å². The number of anilines is 3. The van der Waals surface area contributed by atoms with E-state index in [9.17, 15) is 14.7 Å². The van der Waals surface area contributed by atoms with Crippen LogP contribution < -0.4 is 15.0 Å². The molecule has 220 valence electrons. The maximum Gasteiger partial charge on any atom is 0.326 e. The lowest BCUT2D eigenvalue weighted by molar-refractivity contribution is -0.137. The van der Waals surface area contributed by atoms with Crippen molar-refractivity contribution < 1.29 is 19.4 Å². The average molecular weight is 583 g/mol. The van der Waals surface area contributed by atoms with Crippen molar-refractivity contribution in [3.05, 3.63) is 155 Å². The first kappa shape index (κ1) is 28.7. The van der Waals surface area contributed by atoms with Crippen LogP contribution in [0.2, 0.25) is 0 Å². The van der Waals surface area contributed by atoms with E-state index >= 15 is 0 Å². The molecule has 1 heterocycles. The molecule has 0 saturated heterocycles. The fraction of sp³-hybridized carbons (Fsp3) is 0.158. The van der Waals surface area contributed by atoms with E-state index in [2.05, 4.69) is 58.7 Å². The summed E-state index contributed by atoms with van der Waals surface area (Å²) in [7, 11) is 0. The summed E-state index contributed by atoms with van der Waals surface area (Å²) in [6, 6.07) is 39.7. The van der Waals surface area contributed by atoms with Crippen molar-refractivity contribution >= 4 is 28.8 Å². The summed E-state index contributed by atoms with van der Waals surface area (Å²) in [4.78, 5) is 27.7. The van der Waals surface area contributed by atoms with Crippen LogP contribution in [-0.4, -0.2) is 36.1 Å². The Morgan fingerprint density at radius 3 is 1.98 bits per heavy atom. The highest BCUT2D eigenvalue weighted by Gasteiger charge is 2.22. The fourth-order valence-electron chi connectivity index (χ4n) is 5.76. The largest absolute Gasteiger partial charge is 0.492 e. The molecule has 0 radical (unpaired) electrons. The third-order valence-corrected chi connectivity index (χ3v) is 8.01. The van der Waals surface area contributed by atoms with Gasteiger partial charge in [0.05, 0.1) is 6.54 Å². The van der Waals surface area contributed by atoms with E-state index in [1.165, 1.54) is 22.5 Å². The molecule has 0 saturated carbocycles. The second kappa shape index (κ2) is 13.3. The molecule has 1 aliphatic rings. The van der Waals surface area contributed by atoms with Crippen LogP contribution in [0.1, 0.15) is 32.6 Å². The summed E-state index contributed by atoms with van der Waals surface area (Å²) in [5.74, 6) is -0.430. The van der Waals surface area contributed by atoms with Crippen molar-refractivity contribution in [3.8, 4) is 5.75 Å². The van der Waals surface area contributed by atoms with E-state index in [1.807, 2.05) is 42.5 Å². The number of aryl methyl sites for hydroxylation is 2. The average Bonchev–Trinajstić information content (AvgIpc) is 3.22. The third kappa shape index (κ3) is 6.50. The minimum Gasteiger partial charge on any atom is -0.492 e. The van der Waals surface area contributed by atoms with Gasteiger partial charge in [-0.2, -0.15) is 0 Å². The highest BCUT2D eigenvalue weighted by molar-refractivity contribution is 6.12. The van der Waals surface area contributed by atoms with Crippen LogP contribution in [0.4, 0.5) is 17.1 Å². The maximum atomic E-state index is 13.1. The Morgan fingerprint density at radius 1 is 0.727 bits per heavy atom. The molecule has 0 unspecified atom stereocenters. The molecular formula is C38H34N2O4. The fourth-order valence-corrected chi connectivity index (χ4v) is 5.76. The van der Waals surface area contributed by atoms with Crippen LogP contribution in [0.5, 0.6) is 5.75 Å². The summed E-state index contributed by atoms with van der Waals surface area (Å²) in [6.45, 7) is 1.19. The van der Waals surface area contributed by atoms with Crippen LogP contribution in [-0.2, 0) is 24.1 Å². The van der Waals surface area contributed by atoms with Crippen LogP contribution in [0.3, 0.4) is 0 Å². The van der Waals surface area contributed by atoms with E-state index in [0.717, 1.165) is 24.2 Å². The van der Waals surface area contributed by atoms with Crippen LogP contribution in [0.15, 0.2) is 127 Å². The number of carbonyl (C=O) groups excluding carboxylic acids is 1. The van der Waals surface area contributed by atoms with Gasteiger partial charge in [0, 0.05) is 34.6 Å². The van der Waals surface area contributed by atoms with E-state index in [-0.39, 0.29) is 12.2 Å². The standard InChI is InChI=1S/C38H34N2O4/c41-37(30-12-2-1-3-13-30)32-14-6-7-15-33(32)39-34(38(42)43)26-27-18-22-31(23-19-27)44-25-24-40-35-16-8-4-10-28(35)20-21-29-11-5-9-17-36(29)40/h1-19,22-23,34,39H,20-21,24-26H2,(H,42,43)/t34-/m0/s1. The molecule has 1 aliphatic heterocycles. The topological polar surface area (TPSA) is 78.9 Å². The molecule has 6 nitrogen and oxygen atoms in total. The summed E-state index contributed by atoms with van der Waals surface area (Å²) >= 11 is 0. The van der Waals surface area contributed by atoms with Gasteiger partial charge < -0.3 is 20.1 Å². The zero-order valence-corrected chi connectivity index (χ0v) is 24.4. The van der Waals surface area contributed by atoms with Gasteiger partial charge in [0.1, 0.15) is 18.4 Å². The summed E-state index contributed by atoms with van der Waals surface area (Å²) in [6.07, 6.45) is 2.26. The highest BCUT2D eigenvalue weighted by atomic mass is 16.5. The van der Waals surface area contributed by atoms with Gasteiger partial charge in [-0.05, 0) is 65.9 Å². The zero-order chi connectivity index (χ0) is 30.3. The van der Waals surface area contributed by atoms with Gasteiger partial charge in [0.25, 0.3) is 0 Å². The van der Waals surface area contributed by atoms with Crippen molar-refractivity contribution in [2.45, 2.75) is 25.3 Å². The predicted octanol–water partition coefficient (Wildman–Crippen LogP) is 7.34. The van der Waals surface area contributed by atoms with Crippen LogP contribution in [0, 0.1) is 0 Å². The number of carboxylic acids is 1. The Labute approximate surface area is 257 Å². The number of para-hydroxylation sites is 3. The molecule has 0 amide bonds. The summed E-state index contributed by atoms with van der Waals surface area (Å²) in [5.41, 5.74) is 7.43. The maximum absolute atomic E-state index is 13.1. The number of ketones is 1. The predicted molar refractivity (Wildman–Crippen MR) is 174 cm³/mol. The molecule has 1 atom stereocenters. The molecule has 0 fully saturated rings. The van der Waals surface area contributed by atoms with Crippen molar-refractivity contribution in [1.29, 1.82) is 0 Å². The summed E-state index contributed by atoms with van der Waals surface area (Å²) in [5, 5.41) is 13.1. The Morgan fingerprint density at radius 2 is 1.32 bits per heavy atom. The lowest BCUT2D eigenvalue weighted by Gasteiger charge is -2.27. The monoisotopic (exact) mass is 582 g/mol. The van der Waals surface area contributed by atoms with Crippen molar-refractivity contribution in [2.75, 3.05) is 23.4 Å². The Kier molecular flexibility index (Phi) is 8.69. The number of ether oxygens (including phenoxy) is 1. The zero-order valence-electron chi connectivity index (χ0n) is 24.4. The molecule has 5 aromatic rings. The lowest BCUT2D eigenvalue weighted by atomic mass is 10.00. The number of nitrogens with zero attached hydrogens (tertiary/aromatic N) is 1. The summed E-state index contributed by atoms with van der Waals surface area (Å²) < 4.78 is 6.16. The quantitative estimate of drug-likeness (QED) is 0.159. The van der Waals surface area contributed by atoms with Crippen LogP contribution in [0.25, 0.3) is 0 Å². The minimum atomic E-state index is -0.995. The second-order valence-electron chi connectivity index (χ2n) is 10.9. The van der Waals surface area contributed by atoms with Crippen molar-refractivity contribution in [3.63, 3.8) is 0 Å². The number of rotatable bonds is 11. The Hall–Kier alpha value is -5.36. The molecular weight excluding hydrogens is 548 g/mol. The first-order valence-corrected chi connectivity index (χ1v) is 14.9. The second-order valence-corrected chi connectivity index (χ2v) is 10.9. The molecule has 6 heteroatoms. The molecule has 0 aliphatic carbocycles. The van der Waals surface area contributed by atoms with Crippen molar-refractivity contribution in [2.24, 2.45) is 0 Å². The SMILES string of the molecule is O=C(c1ccccc1)c1ccccc1N[C@@H](Cc1ccc(OCCN2c3ccccc3CCc3ccccc32)cc1)C(=O)O. The molecule has 0 spiro atoms. The van der Waals surface area contributed by atoms with Gasteiger partial charge in [0.15, 0.2) is 5.78 Å². The number of aliphatic carboxylic acids is 1. The number of benzene rings is 5. The van der Waals surface area contributed by atoms with Gasteiger partial charge in [-0.1, -0.05) is 91.0 Å². The molecule has 0 aromatic heterocycles. The van der Waals surface area contributed by atoms with E-state index in [1.54, 1.807) is 36.4 Å². The van der Waals surface area contributed by atoms with Crippen molar-refractivity contribution in [1.82, 2.24) is 0 Å². The molecule has 5 aromatic carbocycles.